The fourth-order valence-electron chi connectivity index (χ4n) is 1.43. The van der Waals surface area contributed by atoms with Crippen molar-refractivity contribution in [1.29, 1.82) is 0 Å². The van der Waals surface area contributed by atoms with E-state index in [0.29, 0.717) is 0 Å². The third-order valence-corrected chi connectivity index (χ3v) is 2.67. The predicted molar refractivity (Wildman–Crippen MR) is 56.3 cm³/mol. The molecule has 0 aliphatic rings. The van der Waals surface area contributed by atoms with E-state index in [2.05, 4.69) is 15.9 Å². The Kier molecular flexibility index (Phi) is 2.08. The lowest BCUT2D eigenvalue weighted by atomic mass is 10.1. The Labute approximate surface area is 84.5 Å². The van der Waals surface area contributed by atoms with Gasteiger partial charge in [0.15, 0.2) is 0 Å². The van der Waals surface area contributed by atoms with E-state index in [1.54, 1.807) is 12.1 Å². The lowest BCUT2D eigenvalue weighted by Crippen LogP contribution is -1.80. The van der Waals surface area contributed by atoms with Gasteiger partial charge < -0.3 is 0 Å². The van der Waals surface area contributed by atoms with Crippen LogP contribution in [0.5, 0.6) is 0 Å². The summed E-state index contributed by atoms with van der Waals surface area (Å²) in [6, 6.07) is 8.84. The average Bonchev–Trinajstić information content (AvgIpc) is 2.06. The molecule has 0 heterocycles. The molecule has 0 nitrogen and oxygen atoms in total. The molecule has 0 saturated carbocycles. The molecule has 0 amide bonds. The summed E-state index contributed by atoms with van der Waals surface area (Å²) < 4.78 is 13.8. The van der Waals surface area contributed by atoms with Gasteiger partial charge in [-0.15, -0.1) is 0 Å². The van der Waals surface area contributed by atoms with Crippen LogP contribution in [0.1, 0.15) is 5.56 Å². The van der Waals surface area contributed by atoms with Crippen molar-refractivity contribution in [3.05, 3.63) is 46.2 Å². The maximum absolute atomic E-state index is 12.9. The van der Waals surface area contributed by atoms with Crippen molar-refractivity contribution in [2.75, 3.05) is 0 Å². The Morgan fingerprint density at radius 2 is 1.92 bits per heavy atom. The first-order valence-electron chi connectivity index (χ1n) is 4.02. The van der Waals surface area contributed by atoms with Crippen molar-refractivity contribution in [2.24, 2.45) is 0 Å². The van der Waals surface area contributed by atoms with Crippen LogP contribution in [0.25, 0.3) is 10.8 Å². The van der Waals surface area contributed by atoms with E-state index in [4.69, 9.17) is 0 Å². The Hall–Kier alpha value is -0.890. The molecular formula is C11H8BrF. The number of halogens is 2. The van der Waals surface area contributed by atoms with E-state index in [1.165, 1.54) is 11.6 Å². The van der Waals surface area contributed by atoms with Crippen LogP contribution in [0, 0.1) is 12.7 Å². The van der Waals surface area contributed by atoms with Crippen LogP contribution in [-0.2, 0) is 0 Å². The SMILES string of the molecule is Cc1cc(Br)c2cc(F)ccc2c1. The highest BCUT2D eigenvalue weighted by Crippen LogP contribution is 2.26. The van der Waals surface area contributed by atoms with Crippen LogP contribution in [0.2, 0.25) is 0 Å². The van der Waals surface area contributed by atoms with Gasteiger partial charge in [-0.05, 0) is 41.5 Å². The number of benzene rings is 2. The van der Waals surface area contributed by atoms with Crippen molar-refractivity contribution < 1.29 is 4.39 Å². The average molecular weight is 239 g/mol. The van der Waals surface area contributed by atoms with Gasteiger partial charge in [-0.2, -0.15) is 0 Å². The normalized spacial score (nSPS) is 10.7. The number of aryl methyl sites for hydroxylation is 1. The summed E-state index contributed by atoms with van der Waals surface area (Å²) in [5.41, 5.74) is 1.17. The van der Waals surface area contributed by atoms with E-state index < -0.39 is 0 Å². The molecule has 0 aliphatic heterocycles. The van der Waals surface area contributed by atoms with Crippen LogP contribution in [0.15, 0.2) is 34.8 Å². The van der Waals surface area contributed by atoms with Gasteiger partial charge in [0, 0.05) is 4.47 Å². The van der Waals surface area contributed by atoms with E-state index in [-0.39, 0.29) is 5.82 Å². The highest BCUT2D eigenvalue weighted by atomic mass is 79.9. The lowest BCUT2D eigenvalue weighted by molar-refractivity contribution is 0.629. The van der Waals surface area contributed by atoms with Crippen molar-refractivity contribution in [2.45, 2.75) is 6.92 Å². The molecule has 13 heavy (non-hydrogen) atoms. The van der Waals surface area contributed by atoms with Crippen molar-refractivity contribution in [3.63, 3.8) is 0 Å². The van der Waals surface area contributed by atoms with Gasteiger partial charge in [0.2, 0.25) is 0 Å². The first kappa shape index (κ1) is 8.70. The predicted octanol–water partition coefficient (Wildman–Crippen LogP) is 4.05. The Morgan fingerprint density at radius 3 is 2.69 bits per heavy atom. The number of hydrogen-bond donors (Lipinski definition) is 0. The molecule has 0 aromatic heterocycles. The topological polar surface area (TPSA) is 0 Å². The molecule has 0 spiro atoms. The first-order valence-corrected chi connectivity index (χ1v) is 4.81. The standard InChI is InChI=1S/C11H8BrF/c1-7-4-8-2-3-9(13)6-10(8)11(12)5-7/h2-6H,1H3. The van der Waals surface area contributed by atoms with Crippen LogP contribution in [-0.4, -0.2) is 0 Å². The minimum atomic E-state index is -0.197. The zero-order valence-electron chi connectivity index (χ0n) is 7.14. The third-order valence-electron chi connectivity index (χ3n) is 2.01. The van der Waals surface area contributed by atoms with Crippen molar-refractivity contribution in [3.8, 4) is 0 Å². The van der Waals surface area contributed by atoms with E-state index >= 15 is 0 Å². The van der Waals surface area contributed by atoms with E-state index in [0.717, 1.165) is 15.2 Å². The van der Waals surface area contributed by atoms with Crippen LogP contribution < -0.4 is 0 Å². The second kappa shape index (κ2) is 3.11. The fraction of sp³-hybridized carbons (Fsp3) is 0.0909. The summed E-state index contributed by atoms with van der Waals surface area (Å²) in [5.74, 6) is -0.197. The molecule has 0 bridgehead atoms. The summed E-state index contributed by atoms with van der Waals surface area (Å²) in [5, 5.41) is 1.99. The summed E-state index contributed by atoms with van der Waals surface area (Å²) in [7, 11) is 0. The van der Waals surface area contributed by atoms with Crippen molar-refractivity contribution >= 4 is 26.7 Å². The van der Waals surface area contributed by atoms with Gasteiger partial charge >= 0.3 is 0 Å². The fourth-order valence-corrected chi connectivity index (χ4v) is 2.13. The van der Waals surface area contributed by atoms with E-state index in [9.17, 15) is 4.39 Å². The number of fused-ring (bicyclic) bond motifs is 1. The Balaban J connectivity index is 2.87. The largest absolute Gasteiger partial charge is 0.207 e. The molecule has 0 N–H and O–H groups in total. The first-order chi connectivity index (χ1) is 6.16. The summed E-state index contributed by atoms with van der Waals surface area (Å²) in [4.78, 5) is 0. The molecule has 0 unspecified atom stereocenters. The summed E-state index contributed by atoms with van der Waals surface area (Å²) >= 11 is 3.42. The minimum Gasteiger partial charge on any atom is -0.207 e. The molecule has 2 aromatic carbocycles. The quantitative estimate of drug-likeness (QED) is 0.650. The zero-order valence-corrected chi connectivity index (χ0v) is 8.73. The maximum atomic E-state index is 12.9. The van der Waals surface area contributed by atoms with Gasteiger partial charge in [-0.1, -0.05) is 28.1 Å². The third kappa shape index (κ3) is 1.59. The second-order valence-corrected chi connectivity index (χ2v) is 3.97. The monoisotopic (exact) mass is 238 g/mol. The highest BCUT2D eigenvalue weighted by Gasteiger charge is 2.00. The molecule has 2 rings (SSSR count). The zero-order chi connectivity index (χ0) is 9.42. The maximum Gasteiger partial charge on any atom is 0.123 e. The summed E-state index contributed by atoms with van der Waals surface area (Å²) in [6.45, 7) is 2.02. The molecule has 0 fully saturated rings. The molecular weight excluding hydrogens is 231 g/mol. The molecule has 2 aromatic rings. The van der Waals surface area contributed by atoms with Gasteiger partial charge in [0.1, 0.15) is 5.82 Å². The number of rotatable bonds is 0. The summed E-state index contributed by atoms with van der Waals surface area (Å²) in [6.07, 6.45) is 0. The molecule has 0 aliphatic carbocycles. The molecule has 0 radical (unpaired) electrons. The second-order valence-electron chi connectivity index (χ2n) is 3.11. The van der Waals surface area contributed by atoms with Crippen molar-refractivity contribution in [1.82, 2.24) is 0 Å². The van der Waals surface area contributed by atoms with Gasteiger partial charge in [-0.3, -0.25) is 0 Å². The van der Waals surface area contributed by atoms with Gasteiger partial charge in [0.25, 0.3) is 0 Å². The van der Waals surface area contributed by atoms with Gasteiger partial charge in [0.05, 0.1) is 0 Å². The minimum absolute atomic E-state index is 0.197. The molecule has 2 heteroatoms. The highest BCUT2D eigenvalue weighted by molar-refractivity contribution is 9.10. The lowest BCUT2D eigenvalue weighted by Gasteiger charge is -2.02. The Bertz CT molecular complexity index is 463. The van der Waals surface area contributed by atoms with Crippen LogP contribution in [0.4, 0.5) is 4.39 Å². The molecule has 0 saturated heterocycles. The molecule has 0 atom stereocenters. The van der Waals surface area contributed by atoms with E-state index in [1.807, 2.05) is 19.1 Å². The van der Waals surface area contributed by atoms with Gasteiger partial charge in [-0.25, -0.2) is 4.39 Å². The Morgan fingerprint density at radius 1 is 1.15 bits per heavy atom. The smallest absolute Gasteiger partial charge is 0.123 e. The molecule has 66 valence electrons. The van der Waals surface area contributed by atoms with Crippen LogP contribution >= 0.6 is 15.9 Å². The number of hydrogen-bond acceptors (Lipinski definition) is 0. The van der Waals surface area contributed by atoms with Crippen LogP contribution in [0.3, 0.4) is 0 Å².